The molecule has 0 saturated carbocycles. The second kappa shape index (κ2) is 8.25. The third kappa shape index (κ3) is 3.85. The number of fused-ring (bicyclic) bond motifs is 2. The number of H-pyrrole nitrogens is 2. The fourth-order valence-corrected chi connectivity index (χ4v) is 4.30. The van der Waals surface area contributed by atoms with Gasteiger partial charge in [0, 0.05) is 35.2 Å². The number of aromatic nitrogens is 6. The van der Waals surface area contributed by atoms with Gasteiger partial charge in [-0.1, -0.05) is 24.3 Å². The average molecular weight is 461 g/mol. The summed E-state index contributed by atoms with van der Waals surface area (Å²) in [5.41, 5.74) is 15.5. The number of imidazole rings is 1. The lowest BCUT2D eigenvalue weighted by Crippen LogP contribution is -2.09. The van der Waals surface area contributed by atoms with Crippen LogP contribution in [0.25, 0.3) is 56.0 Å². The van der Waals surface area contributed by atoms with E-state index in [1.54, 1.807) is 0 Å². The van der Waals surface area contributed by atoms with Crippen molar-refractivity contribution >= 4 is 33.4 Å². The Labute approximate surface area is 201 Å². The average Bonchev–Trinajstić information content (AvgIpc) is 3.47. The van der Waals surface area contributed by atoms with Crippen LogP contribution in [-0.2, 0) is 0 Å². The number of hydrogen-bond acceptors (Lipinski definition) is 6. The zero-order chi connectivity index (χ0) is 23.9. The van der Waals surface area contributed by atoms with E-state index in [0.29, 0.717) is 23.2 Å². The number of pyridine rings is 2. The Morgan fingerprint density at radius 2 is 1.74 bits per heavy atom. The molecule has 4 heterocycles. The van der Waals surface area contributed by atoms with Crippen molar-refractivity contribution in [1.82, 2.24) is 30.1 Å². The van der Waals surface area contributed by atoms with Gasteiger partial charge in [-0.05, 0) is 55.8 Å². The Morgan fingerprint density at radius 1 is 0.857 bits per heavy atom. The highest BCUT2D eigenvalue weighted by Crippen LogP contribution is 2.32. The fourth-order valence-electron chi connectivity index (χ4n) is 4.30. The number of para-hydroxylation sites is 1. The molecule has 35 heavy (non-hydrogen) atoms. The van der Waals surface area contributed by atoms with Crippen LogP contribution in [0.4, 0.5) is 11.4 Å². The number of nitrogen functional groups attached to an aromatic ring is 1. The maximum atomic E-state index is 6.02. The lowest BCUT2D eigenvalue weighted by Gasteiger charge is -2.10. The molecule has 8 heteroatoms. The summed E-state index contributed by atoms with van der Waals surface area (Å²) in [7, 11) is 0. The van der Waals surface area contributed by atoms with Gasteiger partial charge in [0.25, 0.3) is 0 Å². The first-order valence-electron chi connectivity index (χ1n) is 11.5. The Balaban J connectivity index is 1.45. The molecule has 5 N–H and O–H groups in total. The first-order valence-corrected chi connectivity index (χ1v) is 11.5. The molecule has 0 fully saturated rings. The van der Waals surface area contributed by atoms with Crippen molar-refractivity contribution in [3.05, 3.63) is 73.1 Å². The molecule has 0 aliphatic rings. The first kappa shape index (κ1) is 20.9. The summed E-state index contributed by atoms with van der Waals surface area (Å²) in [5.74, 6) is 0.653. The molecule has 0 atom stereocenters. The number of nitrogens with zero attached hydrogens (tertiary/aromatic N) is 4. The molecular formula is C27H24N8. The van der Waals surface area contributed by atoms with Crippen LogP contribution in [0.1, 0.15) is 13.8 Å². The van der Waals surface area contributed by atoms with Crippen LogP contribution in [-0.4, -0.2) is 36.2 Å². The predicted octanol–water partition coefficient (Wildman–Crippen LogP) is 5.63. The summed E-state index contributed by atoms with van der Waals surface area (Å²) in [6, 6.07) is 20.2. The van der Waals surface area contributed by atoms with E-state index in [1.165, 1.54) is 0 Å². The molecule has 172 valence electrons. The van der Waals surface area contributed by atoms with Crippen LogP contribution in [0.2, 0.25) is 0 Å². The van der Waals surface area contributed by atoms with E-state index < -0.39 is 0 Å². The largest absolute Gasteiger partial charge is 0.399 e. The van der Waals surface area contributed by atoms with Crippen molar-refractivity contribution < 1.29 is 0 Å². The topological polar surface area (TPSA) is 121 Å². The molecular weight excluding hydrogens is 436 g/mol. The van der Waals surface area contributed by atoms with E-state index in [4.69, 9.17) is 15.7 Å². The zero-order valence-electron chi connectivity index (χ0n) is 19.4. The van der Waals surface area contributed by atoms with Crippen LogP contribution in [0, 0.1) is 0 Å². The summed E-state index contributed by atoms with van der Waals surface area (Å²) in [6.45, 7) is 4.19. The van der Waals surface area contributed by atoms with Gasteiger partial charge in [-0.3, -0.25) is 10.1 Å². The zero-order valence-corrected chi connectivity index (χ0v) is 19.4. The number of hydrogen-bond donors (Lipinski definition) is 4. The van der Waals surface area contributed by atoms with E-state index in [0.717, 1.165) is 50.1 Å². The van der Waals surface area contributed by atoms with Crippen molar-refractivity contribution in [2.75, 3.05) is 11.1 Å². The summed E-state index contributed by atoms with van der Waals surface area (Å²) < 4.78 is 0. The summed E-state index contributed by atoms with van der Waals surface area (Å²) >= 11 is 0. The molecule has 0 amide bonds. The molecule has 0 spiro atoms. The van der Waals surface area contributed by atoms with Gasteiger partial charge >= 0.3 is 0 Å². The van der Waals surface area contributed by atoms with Gasteiger partial charge in [-0.15, -0.1) is 0 Å². The first-order chi connectivity index (χ1) is 17.0. The van der Waals surface area contributed by atoms with E-state index in [2.05, 4.69) is 45.4 Å². The molecule has 0 saturated heterocycles. The molecule has 0 radical (unpaired) electrons. The van der Waals surface area contributed by atoms with Gasteiger partial charge in [0.15, 0.2) is 11.5 Å². The number of aromatic amines is 2. The van der Waals surface area contributed by atoms with Crippen LogP contribution < -0.4 is 11.1 Å². The lowest BCUT2D eigenvalue weighted by atomic mass is 10.0. The Hall–Kier alpha value is -4.72. The second-order valence-corrected chi connectivity index (χ2v) is 8.84. The second-order valence-electron chi connectivity index (χ2n) is 8.84. The molecule has 8 nitrogen and oxygen atoms in total. The molecule has 0 aliphatic heterocycles. The maximum Gasteiger partial charge on any atom is 0.161 e. The number of benzene rings is 2. The van der Waals surface area contributed by atoms with Crippen LogP contribution >= 0.6 is 0 Å². The summed E-state index contributed by atoms with van der Waals surface area (Å²) in [4.78, 5) is 17.6. The van der Waals surface area contributed by atoms with E-state index in [1.807, 2.05) is 67.0 Å². The Morgan fingerprint density at radius 3 is 2.60 bits per heavy atom. The lowest BCUT2D eigenvalue weighted by molar-refractivity contribution is 0.898. The quantitative estimate of drug-likeness (QED) is 0.247. The van der Waals surface area contributed by atoms with Gasteiger partial charge in [-0.2, -0.15) is 5.10 Å². The molecule has 0 unspecified atom stereocenters. The highest BCUT2D eigenvalue weighted by atomic mass is 15.1. The van der Waals surface area contributed by atoms with Gasteiger partial charge < -0.3 is 16.0 Å². The van der Waals surface area contributed by atoms with Crippen LogP contribution in [0.5, 0.6) is 0 Å². The van der Waals surface area contributed by atoms with Crippen molar-refractivity contribution in [2.24, 2.45) is 0 Å². The van der Waals surface area contributed by atoms with Crippen molar-refractivity contribution in [1.29, 1.82) is 0 Å². The molecule has 0 bridgehead atoms. The number of nitrogens with two attached hydrogens (primary N) is 1. The molecule has 2 aromatic carbocycles. The van der Waals surface area contributed by atoms with Crippen LogP contribution in [0.3, 0.4) is 0 Å². The minimum Gasteiger partial charge on any atom is -0.399 e. The van der Waals surface area contributed by atoms with Gasteiger partial charge in [0.05, 0.1) is 27.9 Å². The minimum absolute atomic E-state index is 0.313. The molecule has 6 rings (SSSR count). The Kier molecular flexibility index (Phi) is 4.92. The number of rotatable bonds is 5. The SMILES string of the molecule is CC(C)Nc1cncc(-c2ccc3[nH]nc(-c4nc5c(-c6cccc(N)c6)cccc5[nH]4)c3n2)c1. The highest BCUT2D eigenvalue weighted by molar-refractivity contribution is 5.96. The molecule has 6 aromatic rings. The van der Waals surface area contributed by atoms with Gasteiger partial charge in [0.1, 0.15) is 5.52 Å². The van der Waals surface area contributed by atoms with Crippen molar-refractivity contribution in [2.45, 2.75) is 19.9 Å². The maximum absolute atomic E-state index is 6.02. The van der Waals surface area contributed by atoms with E-state index >= 15 is 0 Å². The fraction of sp³-hybridized carbons (Fsp3) is 0.111. The van der Waals surface area contributed by atoms with Crippen LogP contribution in [0.15, 0.2) is 73.1 Å². The van der Waals surface area contributed by atoms with Gasteiger partial charge in [0.2, 0.25) is 0 Å². The normalized spacial score (nSPS) is 11.5. The number of nitrogens with one attached hydrogen (secondary N) is 3. The highest BCUT2D eigenvalue weighted by Gasteiger charge is 2.17. The van der Waals surface area contributed by atoms with Gasteiger partial charge in [-0.25, -0.2) is 9.97 Å². The minimum atomic E-state index is 0.313. The molecule has 4 aromatic heterocycles. The third-order valence-corrected chi connectivity index (χ3v) is 5.83. The summed E-state index contributed by atoms with van der Waals surface area (Å²) in [5, 5.41) is 11.0. The predicted molar refractivity (Wildman–Crippen MR) is 141 cm³/mol. The monoisotopic (exact) mass is 460 g/mol. The standard InChI is InChI=1S/C27H24N8/c1-15(2)30-19-12-17(13-29-14-19)21-9-10-23-25(31-21)26(35-34-23)27-32-22-8-4-7-20(24(22)33-27)16-5-3-6-18(28)11-16/h3-15,30H,28H2,1-2H3,(H,32,33)(H,34,35). The smallest absolute Gasteiger partial charge is 0.161 e. The summed E-state index contributed by atoms with van der Waals surface area (Å²) in [6.07, 6.45) is 3.64. The Bertz CT molecular complexity index is 1680. The van der Waals surface area contributed by atoms with E-state index in [9.17, 15) is 0 Å². The van der Waals surface area contributed by atoms with Crippen molar-refractivity contribution in [3.8, 4) is 33.9 Å². The molecule has 0 aliphatic carbocycles. The van der Waals surface area contributed by atoms with E-state index in [-0.39, 0.29) is 0 Å². The number of anilines is 2. The third-order valence-electron chi connectivity index (χ3n) is 5.83. The van der Waals surface area contributed by atoms with Crippen molar-refractivity contribution in [3.63, 3.8) is 0 Å².